The summed E-state index contributed by atoms with van der Waals surface area (Å²) in [5.74, 6) is -0.311. The number of hydrogen-bond donors (Lipinski definition) is 2. The Balaban J connectivity index is 2.95. The van der Waals surface area contributed by atoms with Crippen LogP contribution in [0.3, 0.4) is 0 Å². The molecule has 1 aromatic carbocycles. The summed E-state index contributed by atoms with van der Waals surface area (Å²) in [4.78, 5) is 0. The largest absolute Gasteiger partial charge is 0.506 e. The van der Waals surface area contributed by atoms with Gasteiger partial charge in [0.25, 0.3) is 0 Å². The van der Waals surface area contributed by atoms with E-state index in [4.69, 9.17) is 5.26 Å². The lowest BCUT2D eigenvalue weighted by atomic mass is 10.1. The predicted molar refractivity (Wildman–Crippen MR) is 49.9 cm³/mol. The molecular weight excluding hydrogens is 186 g/mol. The second-order valence-corrected chi connectivity index (χ2v) is 3.51. The first-order valence-electron chi connectivity index (χ1n) is 3.56. The smallest absolute Gasteiger partial charge is 0.145 e. The Morgan fingerprint density at radius 3 is 2.85 bits per heavy atom. The van der Waals surface area contributed by atoms with Crippen molar-refractivity contribution in [3.8, 4) is 17.6 Å². The van der Waals surface area contributed by atoms with Crippen LogP contribution in [0.25, 0.3) is 10.1 Å². The molecule has 0 saturated carbocycles. The third kappa shape index (κ3) is 1.02. The monoisotopic (exact) mass is 191 g/mol. The van der Waals surface area contributed by atoms with E-state index in [-0.39, 0.29) is 17.1 Å². The minimum atomic E-state index is -0.171. The summed E-state index contributed by atoms with van der Waals surface area (Å²) in [7, 11) is 0. The van der Waals surface area contributed by atoms with Gasteiger partial charge in [-0.05, 0) is 17.5 Å². The second kappa shape index (κ2) is 2.64. The quantitative estimate of drug-likeness (QED) is 0.670. The summed E-state index contributed by atoms with van der Waals surface area (Å²) in [6.45, 7) is 0. The number of rotatable bonds is 0. The molecule has 0 atom stereocenters. The lowest BCUT2D eigenvalue weighted by Crippen LogP contribution is -1.78. The van der Waals surface area contributed by atoms with Crippen LogP contribution in [-0.4, -0.2) is 10.2 Å². The van der Waals surface area contributed by atoms with Crippen molar-refractivity contribution in [1.29, 1.82) is 5.26 Å². The number of benzene rings is 1. The maximum atomic E-state index is 9.54. The highest BCUT2D eigenvalue weighted by atomic mass is 32.1. The highest BCUT2D eigenvalue weighted by molar-refractivity contribution is 7.17. The summed E-state index contributed by atoms with van der Waals surface area (Å²) in [5, 5.41) is 29.9. The Labute approximate surface area is 78.1 Å². The van der Waals surface area contributed by atoms with E-state index >= 15 is 0 Å². The van der Waals surface area contributed by atoms with Gasteiger partial charge in [-0.1, -0.05) is 0 Å². The lowest BCUT2D eigenvalue weighted by Gasteiger charge is -2.00. The summed E-state index contributed by atoms with van der Waals surface area (Å²) >= 11 is 1.41. The Hall–Kier alpha value is -1.73. The van der Waals surface area contributed by atoms with E-state index in [1.54, 1.807) is 17.5 Å². The fraction of sp³-hybridized carbons (Fsp3) is 0. The van der Waals surface area contributed by atoms with Gasteiger partial charge in [0.05, 0.1) is 0 Å². The van der Waals surface area contributed by atoms with Gasteiger partial charge in [0.15, 0.2) is 0 Å². The van der Waals surface area contributed by atoms with Crippen LogP contribution in [0.5, 0.6) is 11.5 Å². The van der Waals surface area contributed by atoms with E-state index < -0.39 is 0 Å². The number of phenolic OH excluding ortho intramolecular Hbond substituents is 2. The van der Waals surface area contributed by atoms with E-state index in [9.17, 15) is 10.2 Å². The topological polar surface area (TPSA) is 64.2 Å². The van der Waals surface area contributed by atoms with Crippen LogP contribution in [0, 0.1) is 11.3 Å². The Kier molecular flexibility index (Phi) is 1.61. The van der Waals surface area contributed by atoms with Gasteiger partial charge in [0, 0.05) is 10.1 Å². The average molecular weight is 191 g/mol. The van der Waals surface area contributed by atoms with Crippen molar-refractivity contribution in [2.24, 2.45) is 0 Å². The van der Waals surface area contributed by atoms with Crippen LogP contribution >= 0.6 is 11.3 Å². The molecule has 2 N–H and O–H groups in total. The molecule has 3 nitrogen and oxygen atoms in total. The number of hydrogen-bond acceptors (Lipinski definition) is 4. The number of thiophene rings is 1. The third-order valence-electron chi connectivity index (χ3n) is 1.82. The van der Waals surface area contributed by atoms with Crippen LogP contribution in [0.4, 0.5) is 0 Å². The first-order valence-corrected chi connectivity index (χ1v) is 4.44. The summed E-state index contributed by atoms with van der Waals surface area (Å²) in [5.41, 5.74) is -0.0640. The molecule has 0 bridgehead atoms. The molecule has 1 heterocycles. The minimum absolute atomic E-state index is 0.0640. The molecule has 0 radical (unpaired) electrons. The molecule has 4 heteroatoms. The molecule has 0 fully saturated rings. The van der Waals surface area contributed by atoms with E-state index in [1.165, 1.54) is 17.4 Å². The number of aromatic hydroxyl groups is 2. The first-order chi connectivity index (χ1) is 6.24. The Morgan fingerprint density at radius 2 is 2.15 bits per heavy atom. The maximum absolute atomic E-state index is 9.54. The highest BCUT2D eigenvalue weighted by Crippen LogP contribution is 2.37. The standard InChI is InChI=1S/C9H5NO2S/c10-4-6-7(11)3-8-5(9(6)12)1-2-13-8/h1-3,11-12H. The molecule has 1 aromatic heterocycles. The van der Waals surface area contributed by atoms with Gasteiger partial charge in [0.2, 0.25) is 0 Å². The van der Waals surface area contributed by atoms with E-state index in [1.807, 2.05) is 0 Å². The van der Waals surface area contributed by atoms with Crippen LogP contribution < -0.4 is 0 Å². The molecule has 2 rings (SSSR count). The zero-order chi connectivity index (χ0) is 9.42. The van der Waals surface area contributed by atoms with E-state index in [2.05, 4.69) is 0 Å². The number of nitrogens with zero attached hydrogens (tertiary/aromatic N) is 1. The molecule has 64 valence electrons. The van der Waals surface area contributed by atoms with Gasteiger partial charge in [-0.15, -0.1) is 11.3 Å². The predicted octanol–water partition coefficient (Wildman–Crippen LogP) is 2.18. The molecule has 0 spiro atoms. The van der Waals surface area contributed by atoms with Crippen molar-refractivity contribution in [3.05, 3.63) is 23.1 Å². The van der Waals surface area contributed by atoms with Crippen molar-refractivity contribution in [2.45, 2.75) is 0 Å². The van der Waals surface area contributed by atoms with Gasteiger partial charge in [0.1, 0.15) is 23.1 Å². The summed E-state index contributed by atoms with van der Waals surface area (Å²) in [6.07, 6.45) is 0. The molecule has 0 amide bonds. The normalized spacial score (nSPS) is 10.1. The zero-order valence-corrected chi connectivity index (χ0v) is 7.30. The van der Waals surface area contributed by atoms with Gasteiger partial charge < -0.3 is 10.2 Å². The molecule has 0 unspecified atom stereocenters. The van der Waals surface area contributed by atoms with E-state index in [0.29, 0.717) is 5.39 Å². The summed E-state index contributed by atoms with van der Waals surface area (Å²) < 4.78 is 0.772. The fourth-order valence-corrected chi connectivity index (χ4v) is 2.01. The van der Waals surface area contributed by atoms with Gasteiger partial charge in [-0.25, -0.2) is 0 Å². The van der Waals surface area contributed by atoms with Crippen molar-refractivity contribution < 1.29 is 10.2 Å². The molecule has 13 heavy (non-hydrogen) atoms. The van der Waals surface area contributed by atoms with Crippen LogP contribution in [-0.2, 0) is 0 Å². The third-order valence-corrected chi connectivity index (χ3v) is 2.69. The first kappa shape index (κ1) is 7.90. The molecule has 0 aliphatic rings. The van der Waals surface area contributed by atoms with Crippen molar-refractivity contribution in [3.63, 3.8) is 0 Å². The number of fused-ring (bicyclic) bond motifs is 1. The van der Waals surface area contributed by atoms with Gasteiger partial charge in [-0.3, -0.25) is 0 Å². The summed E-state index contributed by atoms with van der Waals surface area (Å²) in [6, 6.07) is 4.95. The SMILES string of the molecule is N#Cc1c(O)cc2sccc2c1O. The van der Waals surface area contributed by atoms with Crippen molar-refractivity contribution in [2.75, 3.05) is 0 Å². The van der Waals surface area contributed by atoms with Crippen LogP contribution in [0.1, 0.15) is 5.56 Å². The van der Waals surface area contributed by atoms with E-state index in [0.717, 1.165) is 4.70 Å². The van der Waals surface area contributed by atoms with Crippen molar-refractivity contribution >= 4 is 21.4 Å². The maximum Gasteiger partial charge on any atom is 0.145 e. The van der Waals surface area contributed by atoms with Crippen LogP contribution in [0.15, 0.2) is 17.5 Å². The molecule has 2 aromatic rings. The van der Waals surface area contributed by atoms with Crippen molar-refractivity contribution in [1.82, 2.24) is 0 Å². The molecule has 0 aliphatic heterocycles. The molecule has 0 saturated heterocycles. The van der Waals surface area contributed by atoms with Gasteiger partial charge >= 0.3 is 0 Å². The molecular formula is C9H5NO2S. The highest BCUT2D eigenvalue weighted by Gasteiger charge is 2.11. The number of nitriles is 1. The second-order valence-electron chi connectivity index (χ2n) is 2.56. The zero-order valence-electron chi connectivity index (χ0n) is 6.48. The minimum Gasteiger partial charge on any atom is -0.506 e. The Bertz CT molecular complexity index is 510. The fourth-order valence-electron chi connectivity index (χ4n) is 1.19. The molecule has 0 aliphatic carbocycles. The Morgan fingerprint density at radius 1 is 1.38 bits per heavy atom. The van der Waals surface area contributed by atoms with Gasteiger partial charge in [-0.2, -0.15) is 5.26 Å². The number of phenols is 2. The lowest BCUT2D eigenvalue weighted by molar-refractivity contribution is 0.452. The van der Waals surface area contributed by atoms with Crippen LogP contribution in [0.2, 0.25) is 0 Å². The average Bonchev–Trinajstić information content (AvgIpc) is 2.53.